The molecule has 1 unspecified atom stereocenters. The van der Waals surface area contributed by atoms with Gasteiger partial charge in [-0.1, -0.05) is 5.16 Å². The number of oxime groups is 1. The van der Waals surface area contributed by atoms with Gasteiger partial charge in [0.1, 0.15) is 0 Å². The second-order valence-electron chi connectivity index (χ2n) is 3.48. The van der Waals surface area contributed by atoms with Crippen LogP contribution in [0.2, 0.25) is 0 Å². The zero-order chi connectivity index (χ0) is 7.68. The van der Waals surface area contributed by atoms with E-state index in [9.17, 15) is 0 Å². The summed E-state index contributed by atoms with van der Waals surface area (Å²) in [6.45, 7) is 3.46. The summed E-state index contributed by atoms with van der Waals surface area (Å²) in [4.78, 5) is 2.46. The van der Waals surface area contributed by atoms with E-state index >= 15 is 0 Å². The fourth-order valence-electron chi connectivity index (χ4n) is 2.14. The third-order valence-corrected chi connectivity index (χ3v) is 2.79. The van der Waals surface area contributed by atoms with Crippen molar-refractivity contribution in [3.05, 3.63) is 0 Å². The molecule has 2 atom stereocenters. The second kappa shape index (κ2) is 2.81. The van der Waals surface area contributed by atoms with Gasteiger partial charge in [0.25, 0.3) is 0 Å². The summed E-state index contributed by atoms with van der Waals surface area (Å²) < 4.78 is 0. The fraction of sp³-hybridized carbons (Fsp3) is 0.875. The van der Waals surface area contributed by atoms with E-state index in [-0.39, 0.29) is 0 Å². The van der Waals surface area contributed by atoms with Crippen LogP contribution >= 0.6 is 0 Å². The minimum Gasteiger partial charge on any atom is -0.411 e. The molecule has 0 aromatic rings. The summed E-state index contributed by atoms with van der Waals surface area (Å²) in [5.41, 5.74) is 1.03. The first-order valence-corrected chi connectivity index (χ1v) is 4.33. The van der Waals surface area contributed by atoms with Crippen molar-refractivity contribution in [3.8, 4) is 0 Å². The summed E-state index contributed by atoms with van der Waals surface area (Å²) >= 11 is 0. The van der Waals surface area contributed by atoms with Crippen LogP contribution in [0.15, 0.2) is 5.16 Å². The Morgan fingerprint density at radius 2 is 2.36 bits per heavy atom. The first kappa shape index (κ1) is 7.10. The van der Waals surface area contributed by atoms with E-state index in [1.54, 1.807) is 0 Å². The van der Waals surface area contributed by atoms with E-state index in [4.69, 9.17) is 5.21 Å². The van der Waals surface area contributed by atoms with Crippen LogP contribution in [-0.2, 0) is 0 Å². The largest absolute Gasteiger partial charge is 0.411 e. The highest BCUT2D eigenvalue weighted by Crippen LogP contribution is 2.23. The summed E-state index contributed by atoms with van der Waals surface area (Å²) in [5.74, 6) is 0.558. The maximum atomic E-state index is 8.67. The lowest BCUT2D eigenvalue weighted by Gasteiger charge is -2.37. The van der Waals surface area contributed by atoms with E-state index in [0.717, 1.165) is 25.2 Å². The molecule has 2 aliphatic heterocycles. The highest BCUT2D eigenvalue weighted by molar-refractivity contribution is 5.87. The van der Waals surface area contributed by atoms with Crippen molar-refractivity contribution >= 4 is 5.71 Å². The Labute approximate surface area is 66.7 Å². The third kappa shape index (κ3) is 1.25. The summed E-state index contributed by atoms with van der Waals surface area (Å²) in [5, 5.41) is 12.0. The molecule has 0 radical (unpaired) electrons. The molecule has 0 amide bonds. The van der Waals surface area contributed by atoms with Crippen molar-refractivity contribution in [1.29, 1.82) is 0 Å². The average Bonchev–Trinajstić information content (AvgIpc) is 2.06. The molecular formula is C8H14N2O. The molecule has 1 N–H and O–H groups in total. The number of nitrogens with zero attached hydrogens (tertiary/aromatic N) is 2. The van der Waals surface area contributed by atoms with Crippen LogP contribution in [0.3, 0.4) is 0 Å². The Hall–Kier alpha value is -0.570. The maximum Gasteiger partial charge on any atom is 0.0627 e. The molecular weight excluding hydrogens is 140 g/mol. The zero-order valence-corrected chi connectivity index (χ0v) is 6.66. The molecule has 0 aliphatic carbocycles. The van der Waals surface area contributed by atoms with Crippen molar-refractivity contribution in [1.82, 2.24) is 4.90 Å². The lowest BCUT2D eigenvalue weighted by molar-refractivity contribution is 0.183. The third-order valence-electron chi connectivity index (χ3n) is 2.79. The van der Waals surface area contributed by atoms with Crippen molar-refractivity contribution < 1.29 is 5.21 Å². The molecule has 0 aromatic carbocycles. The van der Waals surface area contributed by atoms with Gasteiger partial charge in [-0.05, 0) is 19.4 Å². The van der Waals surface area contributed by atoms with Gasteiger partial charge in [0.05, 0.1) is 5.71 Å². The number of piperidine rings is 2. The van der Waals surface area contributed by atoms with E-state index in [1.807, 2.05) is 0 Å². The second-order valence-corrected chi connectivity index (χ2v) is 3.48. The monoisotopic (exact) mass is 154 g/mol. The molecule has 0 spiro atoms. The van der Waals surface area contributed by atoms with Crippen LogP contribution in [0.1, 0.15) is 19.3 Å². The fourth-order valence-corrected chi connectivity index (χ4v) is 2.14. The zero-order valence-electron chi connectivity index (χ0n) is 6.66. The SMILES string of the molecule is O/N=C1\CCN2CCC[C@H]1C2. The van der Waals surface area contributed by atoms with Crippen molar-refractivity contribution in [2.75, 3.05) is 19.6 Å². The lowest BCUT2D eigenvalue weighted by atomic mass is 9.88. The Morgan fingerprint density at radius 3 is 3.18 bits per heavy atom. The van der Waals surface area contributed by atoms with Gasteiger partial charge < -0.3 is 10.1 Å². The van der Waals surface area contributed by atoms with E-state index in [1.165, 1.54) is 19.4 Å². The van der Waals surface area contributed by atoms with Crippen LogP contribution in [0.25, 0.3) is 0 Å². The molecule has 2 fully saturated rings. The van der Waals surface area contributed by atoms with Crippen LogP contribution in [0.4, 0.5) is 0 Å². The molecule has 2 rings (SSSR count). The first-order valence-electron chi connectivity index (χ1n) is 4.33. The summed E-state index contributed by atoms with van der Waals surface area (Å²) in [6.07, 6.45) is 3.46. The number of hydrogen-bond donors (Lipinski definition) is 1. The van der Waals surface area contributed by atoms with Crippen molar-refractivity contribution in [3.63, 3.8) is 0 Å². The molecule has 0 aromatic heterocycles. The number of hydrogen-bond acceptors (Lipinski definition) is 3. The smallest absolute Gasteiger partial charge is 0.0627 e. The van der Waals surface area contributed by atoms with Crippen LogP contribution < -0.4 is 0 Å². The standard InChI is InChI=1S/C8H14N2O/c11-9-8-3-5-10-4-1-2-7(8)6-10/h7,11H,1-6H2/b9-8+/t7-/m0/s1. The molecule has 3 nitrogen and oxygen atoms in total. The number of rotatable bonds is 0. The van der Waals surface area contributed by atoms with Gasteiger partial charge >= 0.3 is 0 Å². The van der Waals surface area contributed by atoms with Gasteiger partial charge in [0, 0.05) is 25.4 Å². The van der Waals surface area contributed by atoms with Crippen molar-refractivity contribution in [2.45, 2.75) is 19.3 Å². The predicted octanol–water partition coefficient (Wildman–Crippen LogP) is 0.932. The Balaban J connectivity index is 2.08. The molecule has 2 saturated heterocycles. The summed E-state index contributed by atoms with van der Waals surface area (Å²) in [7, 11) is 0. The highest BCUT2D eigenvalue weighted by atomic mass is 16.4. The lowest BCUT2D eigenvalue weighted by Crippen LogP contribution is -2.44. The molecule has 11 heavy (non-hydrogen) atoms. The average molecular weight is 154 g/mol. The molecule has 2 aliphatic rings. The van der Waals surface area contributed by atoms with Crippen LogP contribution in [0.5, 0.6) is 0 Å². The number of fused-ring (bicyclic) bond motifs is 2. The van der Waals surface area contributed by atoms with Gasteiger partial charge in [0.2, 0.25) is 0 Å². The molecule has 62 valence electrons. The Bertz CT molecular complexity index is 179. The Kier molecular flexibility index (Phi) is 1.82. The van der Waals surface area contributed by atoms with Gasteiger partial charge in [-0.25, -0.2) is 0 Å². The van der Waals surface area contributed by atoms with Gasteiger partial charge in [0.15, 0.2) is 0 Å². The predicted molar refractivity (Wildman–Crippen MR) is 43.0 cm³/mol. The summed E-state index contributed by atoms with van der Waals surface area (Å²) in [6, 6.07) is 0. The normalized spacial score (nSPS) is 40.9. The minimum absolute atomic E-state index is 0.558. The van der Waals surface area contributed by atoms with Gasteiger partial charge in [-0.2, -0.15) is 0 Å². The van der Waals surface area contributed by atoms with E-state index in [0.29, 0.717) is 5.92 Å². The molecule has 2 bridgehead atoms. The van der Waals surface area contributed by atoms with Gasteiger partial charge in [-0.3, -0.25) is 0 Å². The highest BCUT2D eigenvalue weighted by Gasteiger charge is 2.28. The quantitative estimate of drug-likeness (QED) is 0.416. The van der Waals surface area contributed by atoms with Crippen LogP contribution in [-0.4, -0.2) is 35.5 Å². The van der Waals surface area contributed by atoms with Crippen molar-refractivity contribution in [2.24, 2.45) is 11.1 Å². The molecule has 0 saturated carbocycles. The van der Waals surface area contributed by atoms with Gasteiger partial charge in [-0.15, -0.1) is 0 Å². The molecule has 2 heterocycles. The first-order chi connectivity index (χ1) is 5.40. The topological polar surface area (TPSA) is 35.8 Å². The van der Waals surface area contributed by atoms with Crippen LogP contribution in [0, 0.1) is 5.92 Å². The van der Waals surface area contributed by atoms with E-state index < -0.39 is 0 Å². The maximum absolute atomic E-state index is 8.67. The minimum atomic E-state index is 0.558. The molecule has 3 heteroatoms. The Morgan fingerprint density at radius 1 is 1.45 bits per heavy atom. The van der Waals surface area contributed by atoms with E-state index in [2.05, 4.69) is 10.1 Å².